The van der Waals surface area contributed by atoms with Crippen LogP contribution in [0.3, 0.4) is 0 Å². The van der Waals surface area contributed by atoms with Crippen molar-refractivity contribution in [2.75, 3.05) is 0 Å². The van der Waals surface area contributed by atoms with Crippen molar-refractivity contribution in [3.8, 4) is 22.5 Å². The molecule has 1 N–H and O–H groups in total. The fourth-order valence-electron chi connectivity index (χ4n) is 3.52. The Bertz CT molecular complexity index is 1280. The summed E-state index contributed by atoms with van der Waals surface area (Å²) in [5, 5.41) is 1.48. The van der Waals surface area contributed by atoms with Gasteiger partial charge in [0.05, 0.1) is 10.9 Å². The predicted octanol–water partition coefficient (Wildman–Crippen LogP) is 5.61. The summed E-state index contributed by atoms with van der Waals surface area (Å²) in [5.41, 5.74) is 4.21. The van der Waals surface area contributed by atoms with E-state index in [2.05, 4.69) is 4.98 Å². The highest BCUT2D eigenvalue weighted by molar-refractivity contribution is 6.13. The number of nitrogens with one attached hydrogen (secondary N) is 1. The van der Waals surface area contributed by atoms with Gasteiger partial charge >= 0.3 is 5.63 Å². The van der Waals surface area contributed by atoms with E-state index in [0.717, 1.165) is 33.1 Å². The molecule has 26 heavy (non-hydrogen) atoms. The molecule has 0 spiro atoms. The topological polar surface area (TPSA) is 46.0 Å². The smallest absolute Gasteiger partial charge is 0.346 e. The van der Waals surface area contributed by atoms with Crippen LogP contribution in [0, 0.1) is 0 Å². The van der Waals surface area contributed by atoms with Gasteiger partial charge in [-0.05, 0) is 11.6 Å². The second kappa shape index (κ2) is 5.74. The van der Waals surface area contributed by atoms with Gasteiger partial charge in [-0.15, -0.1) is 0 Å². The Morgan fingerprint density at radius 3 is 2.04 bits per heavy atom. The minimum Gasteiger partial charge on any atom is -0.421 e. The number of para-hydroxylation sites is 1. The van der Waals surface area contributed by atoms with Crippen LogP contribution in [0.4, 0.5) is 0 Å². The van der Waals surface area contributed by atoms with Gasteiger partial charge in [-0.2, -0.15) is 0 Å². The lowest BCUT2D eigenvalue weighted by molar-refractivity contribution is 0.536. The molecule has 3 heteroatoms. The molecular formula is C23H15NO2. The third-order valence-corrected chi connectivity index (χ3v) is 4.68. The van der Waals surface area contributed by atoms with Crippen LogP contribution in [0.15, 0.2) is 94.1 Å². The van der Waals surface area contributed by atoms with Gasteiger partial charge < -0.3 is 9.40 Å². The van der Waals surface area contributed by atoms with Gasteiger partial charge in [0, 0.05) is 22.0 Å². The summed E-state index contributed by atoms with van der Waals surface area (Å²) < 4.78 is 5.85. The summed E-state index contributed by atoms with van der Waals surface area (Å²) in [4.78, 5) is 16.3. The van der Waals surface area contributed by atoms with E-state index in [0.29, 0.717) is 11.1 Å². The van der Waals surface area contributed by atoms with Crippen LogP contribution >= 0.6 is 0 Å². The number of fused-ring (bicyclic) bond motifs is 3. The summed E-state index contributed by atoms with van der Waals surface area (Å²) in [6.07, 6.45) is 0. The van der Waals surface area contributed by atoms with Crippen LogP contribution in [-0.4, -0.2) is 4.98 Å². The molecule has 0 fully saturated rings. The molecule has 3 aromatic carbocycles. The van der Waals surface area contributed by atoms with Crippen LogP contribution in [0.25, 0.3) is 44.3 Å². The van der Waals surface area contributed by atoms with Gasteiger partial charge in [0.2, 0.25) is 0 Å². The monoisotopic (exact) mass is 337 g/mol. The van der Waals surface area contributed by atoms with Crippen molar-refractivity contribution in [3.63, 3.8) is 0 Å². The van der Waals surface area contributed by atoms with E-state index in [1.807, 2.05) is 84.9 Å². The molecule has 124 valence electrons. The number of aromatic amines is 1. The van der Waals surface area contributed by atoms with E-state index in [9.17, 15) is 4.79 Å². The van der Waals surface area contributed by atoms with Crippen molar-refractivity contribution in [1.29, 1.82) is 0 Å². The molecule has 3 nitrogen and oxygen atoms in total. The quantitative estimate of drug-likeness (QED) is 0.455. The van der Waals surface area contributed by atoms with Crippen LogP contribution < -0.4 is 5.63 Å². The highest BCUT2D eigenvalue weighted by Gasteiger charge is 2.20. The van der Waals surface area contributed by atoms with Crippen molar-refractivity contribution in [1.82, 2.24) is 4.98 Å². The van der Waals surface area contributed by atoms with Gasteiger partial charge in [0.25, 0.3) is 0 Å². The van der Waals surface area contributed by atoms with Gasteiger partial charge in [0.1, 0.15) is 5.76 Å². The lowest BCUT2D eigenvalue weighted by Gasteiger charge is -2.10. The fourth-order valence-corrected chi connectivity index (χ4v) is 3.52. The van der Waals surface area contributed by atoms with Crippen molar-refractivity contribution in [3.05, 3.63) is 95.3 Å². The third-order valence-electron chi connectivity index (χ3n) is 4.68. The fraction of sp³-hybridized carbons (Fsp3) is 0. The largest absolute Gasteiger partial charge is 0.421 e. The maximum Gasteiger partial charge on any atom is 0.346 e. The first-order valence-electron chi connectivity index (χ1n) is 8.51. The average Bonchev–Trinajstić information content (AvgIpc) is 3.09. The lowest BCUT2D eigenvalue weighted by Crippen LogP contribution is -2.02. The molecule has 5 rings (SSSR count). The molecule has 5 aromatic rings. The van der Waals surface area contributed by atoms with Crippen LogP contribution in [0.2, 0.25) is 0 Å². The number of rotatable bonds is 2. The number of benzene rings is 3. The van der Waals surface area contributed by atoms with Gasteiger partial charge in [-0.25, -0.2) is 4.79 Å². The van der Waals surface area contributed by atoms with E-state index in [4.69, 9.17) is 4.42 Å². The Kier molecular flexibility index (Phi) is 3.25. The van der Waals surface area contributed by atoms with Crippen molar-refractivity contribution in [2.24, 2.45) is 0 Å². The zero-order valence-corrected chi connectivity index (χ0v) is 13.9. The molecule has 0 aliphatic heterocycles. The first kappa shape index (κ1) is 14.7. The van der Waals surface area contributed by atoms with E-state index < -0.39 is 0 Å². The maximum atomic E-state index is 12.8. The molecule has 0 aliphatic rings. The minimum absolute atomic E-state index is 0.323. The summed E-state index contributed by atoms with van der Waals surface area (Å²) in [5.74, 6) is 0.584. The molecule has 0 unspecified atom stereocenters. The molecule has 2 heterocycles. The summed E-state index contributed by atoms with van der Waals surface area (Å²) >= 11 is 0. The minimum atomic E-state index is -0.323. The van der Waals surface area contributed by atoms with Crippen molar-refractivity contribution < 1.29 is 4.42 Å². The normalized spacial score (nSPS) is 11.2. The second-order valence-electron chi connectivity index (χ2n) is 6.25. The second-order valence-corrected chi connectivity index (χ2v) is 6.25. The Balaban J connectivity index is 2.00. The first-order valence-corrected chi connectivity index (χ1v) is 8.51. The van der Waals surface area contributed by atoms with Crippen LogP contribution in [0.1, 0.15) is 0 Å². The van der Waals surface area contributed by atoms with Crippen molar-refractivity contribution in [2.45, 2.75) is 0 Å². The Labute approximate surface area is 149 Å². The zero-order valence-electron chi connectivity index (χ0n) is 13.9. The van der Waals surface area contributed by atoms with E-state index in [1.165, 1.54) is 0 Å². The van der Waals surface area contributed by atoms with E-state index >= 15 is 0 Å². The number of hydrogen-bond donors (Lipinski definition) is 1. The molecule has 0 saturated heterocycles. The number of hydrogen-bond acceptors (Lipinski definition) is 2. The molecule has 0 radical (unpaired) electrons. The zero-order chi connectivity index (χ0) is 17.5. The van der Waals surface area contributed by atoms with Crippen LogP contribution in [0.5, 0.6) is 0 Å². The van der Waals surface area contributed by atoms with Gasteiger partial charge in [-0.1, -0.05) is 78.9 Å². The Hall–Kier alpha value is -3.59. The molecule has 0 saturated carbocycles. The average molecular weight is 337 g/mol. The Morgan fingerprint density at radius 2 is 1.31 bits per heavy atom. The molecular weight excluding hydrogens is 322 g/mol. The molecule has 2 aromatic heterocycles. The molecule has 0 aliphatic carbocycles. The Morgan fingerprint density at radius 1 is 0.692 bits per heavy atom. The third kappa shape index (κ3) is 2.18. The number of H-pyrrole nitrogens is 1. The highest BCUT2D eigenvalue weighted by atomic mass is 16.4. The van der Waals surface area contributed by atoms with E-state index in [1.54, 1.807) is 0 Å². The summed E-state index contributed by atoms with van der Waals surface area (Å²) in [6.45, 7) is 0. The predicted molar refractivity (Wildman–Crippen MR) is 105 cm³/mol. The summed E-state index contributed by atoms with van der Waals surface area (Å²) in [6, 6.07) is 27.6. The molecule has 0 amide bonds. The summed E-state index contributed by atoms with van der Waals surface area (Å²) in [7, 11) is 0. The number of aromatic nitrogens is 1. The van der Waals surface area contributed by atoms with Crippen LogP contribution in [-0.2, 0) is 0 Å². The first-order chi connectivity index (χ1) is 12.8. The maximum absolute atomic E-state index is 12.8. The molecule has 0 bridgehead atoms. The lowest BCUT2D eigenvalue weighted by atomic mass is 9.98. The molecule has 0 atom stereocenters. The highest BCUT2D eigenvalue weighted by Crippen LogP contribution is 2.38. The van der Waals surface area contributed by atoms with E-state index in [-0.39, 0.29) is 5.63 Å². The standard InChI is InChI=1S/C23H15NO2/c25-23-20-17-13-7-8-14-18(17)24-21(20)19(15-9-3-1-4-10-15)22(26-23)16-11-5-2-6-12-16/h1-14,24H. The van der Waals surface area contributed by atoms with Gasteiger partial charge in [-0.3, -0.25) is 0 Å². The SMILES string of the molecule is O=c1oc(-c2ccccc2)c(-c2ccccc2)c2[nH]c3ccccc3c12. The van der Waals surface area contributed by atoms with Gasteiger partial charge in [0.15, 0.2) is 0 Å². The van der Waals surface area contributed by atoms with Crippen molar-refractivity contribution >= 4 is 21.8 Å².